The first-order valence-electron chi connectivity index (χ1n) is 5.23. The van der Waals surface area contributed by atoms with E-state index in [0.29, 0.717) is 17.0 Å². The Kier molecular flexibility index (Phi) is 4.98. The molecule has 0 heterocycles. The number of benzene rings is 1. The van der Waals surface area contributed by atoms with Crippen molar-refractivity contribution < 1.29 is 36.2 Å². The Balaban J connectivity index is 2.91. The molecule has 0 bridgehead atoms. The predicted molar refractivity (Wildman–Crippen MR) is 55.3 cm³/mol. The van der Waals surface area contributed by atoms with Gasteiger partial charge >= 0.3 is 12.1 Å². The van der Waals surface area contributed by atoms with Crippen LogP contribution in [0.5, 0.6) is 0 Å². The van der Waals surface area contributed by atoms with Crippen LogP contribution in [-0.2, 0) is 11.3 Å². The molecule has 0 unspecified atom stereocenters. The highest BCUT2D eigenvalue weighted by atomic mass is 19.4. The summed E-state index contributed by atoms with van der Waals surface area (Å²) in [6.07, 6.45) is -4.67. The first kappa shape index (κ1) is 16.3. The summed E-state index contributed by atoms with van der Waals surface area (Å²) in [5, 5.41) is 8.49. The summed E-state index contributed by atoms with van der Waals surface area (Å²) in [6.45, 7) is -3.22. The molecule has 1 aromatic rings. The minimum absolute atomic E-state index is 0.299. The van der Waals surface area contributed by atoms with Gasteiger partial charge in [0.05, 0.1) is 13.1 Å². The van der Waals surface area contributed by atoms with Crippen molar-refractivity contribution in [1.29, 1.82) is 0 Å². The highest BCUT2D eigenvalue weighted by molar-refractivity contribution is 5.69. The molecule has 1 rings (SSSR count). The van der Waals surface area contributed by atoms with Crippen molar-refractivity contribution in [3.8, 4) is 0 Å². The number of halogens is 6. The van der Waals surface area contributed by atoms with Crippen molar-refractivity contribution in [3.05, 3.63) is 35.1 Å². The molecule has 112 valence electrons. The van der Waals surface area contributed by atoms with Crippen LogP contribution in [0.1, 0.15) is 5.56 Å². The second-order valence-corrected chi connectivity index (χ2v) is 4.03. The van der Waals surface area contributed by atoms with Crippen molar-refractivity contribution >= 4 is 5.97 Å². The Morgan fingerprint density at radius 3 is 2.05 bits per heavy atom. The number of carbonyl (C=O) groups is 1. The molecule has 0 radical (unpaired) electrons. The van der Waals surface area contributed by atoms with Crippen molar-refractivity contribution in [2.75, 3.05) is 13.1 Å². The van der Waals surface area contributed by atoms with Crippen LogP contribution in [0.15, 0.2) is 12.1 Å². The molecule has 3 nitrogen and oxygen atoms in total. The summed E-state index contributed by atoms with van der Waals surface area (Å²) in [6, 6.07) is 1.03. The van der Waals surface area contributed by atoms with Crippen LogP contribution in [0.3, 0.4) is 0 Å². The summed E-state index contributed by atoms with van der Waals surface area (Å²) >= 11 is 0. The van der Waals surface area contributed by atoms with Gasteiger partial charge in [0.25, 0.3) is 0 Å². The van der Waals surface area contributed by atoms with E-state index in [0.717, 1.165) is 0 Å². The lowest BCUT2D eigenvalue weighted by Crippen LogP contribution is -2.37. The third-order valence-corrected chi connectivity index (χ3v) is 2.21. The smallest absolute Gasteiger partial charge is 0.401 e. The summed E-state index contributed by atoms with van der Waals surface area (Å²) in [5.74, 6) is -6.38. The maximum atomic E-state index is 12.9. The quantitative estimate of drug-likeness (QED) is 0.671. The van der Waals surface area contributed by atoms with Crippen LogP contribution in [-0.4, -0.2) is 35.2 Å². The number of carboxylic acid groups (broad SMARTS) is 1. The Hall–Kier alpha value is -1.77. The number of nitrogens with zero attached hydrogens (tertiary/aromatic N) is 1. The van der Waals surface area contributed by atoms with E-state index < -0.39 is 49.2 Å². The van der Waals surface area contributed by atoms with Gasteiger partial charge in [-0.2, -0.15) is 13.2 Å². The second-order valence-electron chi connectivity index (χ2n) is 4.03. The lowest BCUT2D eigenvalue weighted by Gasteiger charge is -2.21. The molecule has 9 heteroatoms. The molecule has 0 saturated carbocycles. The molecule has 1 aromatic carbocycles. The molecule has 0 aliphatic heterocycles. The minimum Gasteiger partial charge on any atom is -0.480 e. The molecule has 0 fully saturated rings. The van der Waals surface area contributed by atoms with Crippen molar-refractivity contribution in [2.24, 2.45) is 0 Å². The third-order valence-electron chi connectivity index (χ3n) is 2.21. The molecule has 0 aliphatic carbocycles. The largest absolute Gasteiger partial charge is 0.480 e. The number of aliphatic carboxylic acids is 1. The lowest BCUT2D eigenvalue weighted by atomic mass is 10.2. The molecule has 0 amide bonds. The van der Waals surface area contributed by atoms with Gasteiger partial charge < -0.3 is 5.11 Å². The van der Waals surface area contributed by atoms with Crippen LogP contribution in [0.25, 0.3) is 0 Å². The normalized spacial score (nSPS) is 11.9. The van der Waals surface area contributed by atoms with Crippen LogP contribution in [0.2, 0.25) is 0 Å². The number of hydrogen-bond acceptors (Lipinski definition) is 2. The van der Waals surface area contributed by atoms with Gasteiger partial charge in [0, 0.05) is 6.54 Å². The molecule has 0 saturated heterocycles. The number of hydrogen-bond donors (Lipinski definition) is 1. The molecule has 1 N–H and O–H groups in total. The van der Waals surface area contributed by atoms with Crippen molar-refractivity contribution in [3.63, 3.8) is 0 Å². The average Bonchev–Trinajstić information content (AvgIpc) is 2.22. The topological polar surface area (TPSA) is 40.5 Å². The second kappa shape index (κ2) is 6.12. The molecule has 20 heavy (non-hydrogen) atoms. The minimum atomic E-state index is -4.67. The van der Waals surface area contributed by atoms with E-state index in [9.17, 15) is 31.1 Å². The standard InChI is InChI=1S/C11H9F6NO2/c12-7-1-6(2-8(13)10(7)14)3-18(4-9(19)20)5-11(15,16)17/h1-2H,3-5H2,(H,19,20). The zero-order valence-corrected chi connectivity index (χ0v) is 9.85. The maximum absolute atomic E-state index is 12.9. The van der Waals surface area contributed by atoms with Crippen molar-refractivity contribution in [2.45, 2.75) is 12.7 Å². The van der Waals surface area contributed by atoms with Gasteiger partial charge in [-0.1, -0.05) is 0 Å². The van der Waals surface area contributed by atoms with E-state index in [2.05, 4.69) is 0 Å². The number of carboxylic acids is 1. The number of rotatable bonds is 5. The molecule has 0 aliphatic rings. The average molecular weight is 301 g/mol. The van der Waals surface area contributed by atoms with Gasteiger partial charge in [0.1, 0.15) is 0 Å². The van der Waals surface area contributed by atoms with E-state index in [-0.39, 0.29) is 5.56 Å². The first-order valence-corrected chi connectivity index (χ1v) is 5.23. The lowest BCUT2D eigenvalue weighted by molar-refractivity contribution is -0.154. The first-order chi connectivity index (χ1) is 9.08. The van der Waals surface area contributed by atoms with E-state index >= 15 is 0 Å². The van der Waals surface area contributed by atoms with Crippen molar-refractivity contribution in [1.82, 2.24) is 4.90 Å². The monoisotopic (exact) mass is 301 g/mol. The van der Waals surface area contributed by atoms with Crippen LogP contribution in [0.4, 0.5) is 26.3 Å². The van der Waals surface area contributed by atoms with Gasteiger partial charge in [-0.25, -0.2) is 13.2 Å². The van der Waals surface area contributed by atoms with Crippen LogP contribution < -0.4 is 0 Å². The van der Waals surface area contributed by atoms with E-state index in [1.165, 1.54) is 0 Å². The van der Waals surface area contributed by atoms with Gasteiger partial charge in [-0.15, -0.1) is 0 Å². The zero-order chi connectivity index (χ0) is 15.5. The fraction of sp³-hybridized carbons (Fsp3) is 0.364. The Morgan fingerprint density at radius 1 is 1.15 bits per heavy atom. The molecular weight excluding hydrogens is 292 g/mol. The molecule has 0 atom stereocenters. The third kappa shape index (κ3) is 5.08. The van der Waals surface area contributed by atoms with Gasteiger partial charge in [0.2, 0.25) is 0 Å². The Bertz CT molecular complexity index is 479. The highest BCUT2D eigenvalue weighted by Gasteiger charge is 2.31. The summed E-state index contributed by atoms with van der Waals surface area (Å²) in [4.78, 5) is 10.9. The maximum Gasteiger partial charge on any atom is 0.401 e. The molecule has 0 spiro atoms. The summed E-state index contributed by atoms with van der Waals surface area (Å²) in [5.41, 5.74) is -0.299. The highest BCUT2D eigenvalue weighted by Crippen LogP contribution is 2.19. The van der Waals surface area contributed by atoms with Crippen LogP contribution in [0, 0.1) is 17.5 Å². The molecular formula is C11H9F6NO2. The number of alkyl halides is 3. The fourth-order valence-electron chi connectivity index (χ4n) is 1.57. The molecule has 0 aromatic heterocycles. The van der Waals surface area contributed by atoms with E-state index in [1.54, 1.807) is 0 Å². The Labute approximate surface area is 109 Å². The summed E-state index contributed by atoms with van der Waals surface area (Å²) in [7, 11) is 0. The Morgan fingerprint density at radius 2 is 1.65 bits per heavy atom. The van der Waals surface area contributed by atoms with Crippen LogP contribution >= 0.6 is 0 Å². The van der Waals surface area contributed by atoms with Gasteiger partial charge in [0.15, 0.2) is 17.5 Å². The summed E-state index contributed by atoms with van der Waals surface area (Å²) < 4.78 is 75.2. The van der Waals surface area contributed by atoms with Gasteiger partial charge in [-0.3, -0.25) is 9.69 Å². The fourth-order valence-corrected chi connectivity index (χ4v) is 1.57. The van der Waals surface area contributed by atoms with E-state index in [1.807, 2.05) is 0 Å². The van der Waals surface area contributed by atoms with Gasteiger partial charge in [-0.05, 0) is 17.7 Å². The zero-order valence-electron chi connectivity index (χ0n) is 9.85. The van der Waals surface area contributed by atoms with E-state index in [4.69, 9.17) is 5.11 Å². The SMILES string of the molecule is O=C(O)CN(Cc1cc(F)c(F)c(F)c1)CC(F)(F)F. The predicted octanol–water partition coefficient (Wildman–Crippen LogP) is 2.55.